The number of carboxylic acid groups (broad SMARTS) is 2. The van der Waals surface area contributed by atoms with Crippen LogP contribution in [-0.2, 0) is 30.5 Å². The van der Waals surface area contributed by atoms with Crippen molar-refractivity contribution < 1.29 is 38.9 Å². The van der Waals surface area contributed by atoms with E-state index in [9.17, 15) is 34.2 Å². The van der Waals surface area contributed by atoms with Gasteiger partial charge in [0.2, 0.25) is 11.8 Å². The Morgan fingerprint density at radius 3 is 1.73 bits per heavy atom. The maximum absolute atomic E-state index is 12.9. The smallest absolute Gasteiger partial charge is 0.317 e. The average molecular weight is 678 g/mol. The summed E-state index contributed by atoms with van der Waals surface area (Å²) in [6, 6.07) is 6.97. The van der Waals surface area contributed by atoms with Gasteiger partial charge in [-0.15, -0.1) is 0 Å². The van der Waals surface area contributed by atoms with Gasteiger partial charge in [-0.25, -0.2) is 0 Å². The molecule has 1 fully saturated rings. The second kappa shape index (κ2) is 23.7. The maximum atomic E-state index is 12.9. The summed E-state index contributed by atoms with van der Waals surface area (Å²) >= 11 is 0. The van der Waals surface area contributed by atoms with Crippen molar-refractivity contribution in [2.75, 3.05) is 105 Å². The van der Waals surface area contributed by atoms with Crippen molar-refractivity contribution in [3.05, 3.63) is 35.4 Å². The number of likely N-dealkylation sites (N-methyl/N-ethyl adjacent to an activating group) is 1. The molecule has 1 saturated heterocycles. The van der Waals surface area contributed by atoms with Gasteiger partial charge in [0.15, 0.2) is 0 Å². The number of benzene rings is 1. The monoisotopic (exact) mass is 677 g/mol. The van der Waals surface area contributed by atoms with Crippen LogP contribution in [0.5, 0.6) is 0 Å². The number of unbranched alkanes of at least 4 members (excludes halogenated alkanes) is 1. The molecule has 1 heterocycles. The molecular weight excluding hydrogens is 622 g/mol. The number of aliphatic carboxylic acids is 2. The number of hydrogen-bond donors (Lipinski definition) is 5. The first-order valence-electron chi connectivity index (χ1n) is 16.9. The van der Waals surface area contributed by atoms with E-state index in [1.807, 2.05) is 16.7 Å². The zero-order chi connectivity index (χ0) is 35.1. The number of nitrogens with one attached hydrogen (secondary N) is 3. The lowest BCUT2D eigenvalue weighted by atomic mass is 10.1. The van der Waals surface area contributed by atoms with E-state index in [0.29, 0.717) is 90.8 Å². The Hall–Kier alpha value is -3.63. The Balaban J connectivity index is 1.80. The first kappa shape index (κ1) is 40.5. The van der Waals surface area contributed by atoms with Gasteiger partial charge in [-0.1, -0.05) is 32.4 Å². The summed E-state index contributed by atoms with van der Waals surface area (Å²) in [5.41, 5.74) is 1.32. The first-order chi connectivity index (χ1) is 23.1. The lowest BCUT2D eigenvalue weighted by Gasteiger charge is -2.33. The van der Waals surface area contributed by atoms with Crippen molar-refractivity contribution in [3.63, 3.8) is 0 Å². The van der Waals surface area contributed by atoms with Crippen LogP contribution in [0.3, 0.4) is 0 Å². The number of carbonyl (C=O) groups is 5. The molecule has 15 heteroatoms. The molecule has 0 saturated carbocycles. The molecule has 0 atom stereocenters. The van der Waals surface area contributed by atoms with Crippen molar-refractivity contribution in [2.45, 2.75) is 39.7 Å². The minimum atomic E-state index is -0.957. The molecule has 0 bridgehead atoms. The van der Waals surface area contributed by atoms with Crippen molar-refractivity contribution >= 4 is 29.7 Å². The lowest BCUT2D eigenvalue weighted by molar-refractivity contribution is -0.140. The molecule has 48 heavy (non-hydrogen) atoms. The predicted molar refractivity (Wildman–Crippen MR) is 181 cm³/mol. The van der Waals surface area contributed by atoms with E-state index < -0.39 is 11.9 Å². The fourth-order valence-electron chi connectivity index (χ4n) is 5.08. The molecule has 0 aromatic heterocycles. The minimum Gasteiger partial charge on any atom is -0.480 e. The Kier molecular flexibility index (Phi) is 20.0. The largest absolute Gasteiger partial charge is 0.480 e. The number of ether oxygens (including phenoxy) is 1. The molecule has 15 nitrogen and oxygen atoms in total. The van der Waals surface area contributed by atoms with Gasteiger partial charge < -0.3 is 35.8 Å². The van der Waals surface area contributed by atoms with Crippen LogP contribution >= 0.6 is 0 Å². The SMILES string of the molecule is CCCCNC(=O)CCOCCNC(=O)c1ccc(CNC(=O)CN2CCN(CC)CCN(CC(=O)O)CCN(CC(=O)O)CC2)cc1. The van der Waals surface area contributed by atoms with Crippen LogP contribution in [0.25, 0.3) is 0 Å². The fourth-order valence-corrected chi connectivity index (χ4v) is 5.08. The van der Waals surface area contributed by atoms with E-state index in [2.05, 4.69) is 27.8 Å². The Bertz CT molecular complexity index is 1140. The molecule has 2 rings (SSSR count). The highest BCUT2D eigenvalue weighted by molar-refractivity contribution is 5.94. The average Bonchev–Trinajstić information content (AvgIpc) is 3.05. The molecule has 0 spiro atoms. The van der Waals surface area contributed by atoms with Crippen LogP contribution in [0, 0.1) is 0 Å². The van der Waals surface area contributed by atoms with Crippen LogP contribution in [0.4, 0.5) is 0 Å². The van der Waals surface area contributed by atoms with E-state index >= 15 is 0 Å². The molecule has 1 aliphatic heterocycles. The Morgan fingerprint density at radius 1 is 0.667 bits per heavy atom. The number of nitrogens with zero attached hydrogens (tertiary/aromatic N) is 4. The van der Waals surface area contributed by atoms with Crippen LogP contribution in [-0.4, -0.2) is 164 Å². The third-order valence-electron chi connectivity index (χ3n) is 8.03. The lowest BCUT2D eigenvalue weighted by Crippen LogP contribution is -2.49. The van der Waals surface area contributed by atoms with Gasteiger partial charge in [0.25, 0.3) is 5.91 Å². The quantitative estimate of drug-likeness (QED) is 0.121. The molecule has 5 N–H and O–H groups in total. The molecule has 1 aliphatic rings. The van der Waals surface area contributed by atoms with Crippen LogP contribution in [0.2, 0.25) is 0 Å². The highest BCUT2D eigenvalue weighted by atomic mass is 16.5. The van der Waals surface area contributed by atoms with Crippen LogP contribution < -0.4 is 16.0 Å². The summed E-state index contributed by atoms with van der Waals surface area (Å²) in [5.74, 6) is -2.32. The van der Waals surface area contributed by atoms with Crippen LogP contribution in [0.1, 0.15) is 49.0 Å². The first-order valence-corrected chi connectivity index (χ1v) is 16.9. The summed E-state index contributed by atoms with van der Waals surface area (Å²) in [4.78, 5) is 67.8. The standard InChI is InChI=1S/C33H55N7O8/c1-3-5-11-34-29(41)10-21-48-22-12-35-33(47)28-8-6-27(7-9-28)23-36-30(42)24-38-15-13-37(4-2)14-16-39(25-31(43)44)19-20-40(18-17-38)26-32(45)46/h6-9H,3-5,10-26H2,1-2H3,(H,34,41)(H,35,47)(H,36,42)(H,43,44)(H,45,46). The van der Waals surface area contributed by atoms with Gasteiger partial charge in [0, 0.05) is 84.0 Å². The van der Waals surface area contributed by atoms with Gasteiger partial charge >= 0.3 is 11.9 Å². The van der Waals surface area contributed by atoms with Crippen molar-refractivity contribution in [1.82, 2.24) is 35.6 Å². The summed E-state index contributed by atoms with van der Waals surface area (Å²) in [6.45, 7) is 10.9. The molecule has 0 radical (unpaired) electrons. The van der Waals surface area contributed by atoms with E-state index in [4.69, 9.17) is 4.74 Å². The third kappa shape index (κ3) is 18.1. The molecular formula is C33H55N7O8. The Morgan fingerprint density at radius 2 is 1.21 bits per heavy atom. The summed E-state index contributed by atoms with van der Waals surface area (Å²) in [5, 5.41) is 27.3. The summed E-state index contributed by atoms with van der Waals surface area (Å²) in [7, 11) is 0. The molecule has 0 aliphatic carbocycles. The summed E-state index contributed by atoms with van der Waals surface area (Å²) < 4.78 is 5.44. The van der Waals surface area contributed by atoms with Crippen molar-refractivity contribution in [3.8, 4) is 0 Å². The highest BCUT2D eigenvalue weighted by Gasteiger charge is 2.20. The molecule has 1 aromatic rings. The number of carbonyl (C=O) groups excluding carboxylic acids is 3. The minimum absolute atomic E-state index is 0.0425. The molecule has 1 aromatic carbocycles. The summed E-state index contributed by atoms with van der Waals surface area (Å²) in [6.07, 6.45) is 2.26. The van der Waals surface area contributed by atoms with Crippen molar-refractivity contribution in [2.24, 2.45) is 0 Å². The third-order valence-corrected chi connectivity index (χ3v) is 8.03. The fraction of sp³-hybridized carbons (Fsp3) is 0.667. The second-order valence-corrected chi connectivity index (χ2v) is 11.8. The zero-order valence-electron chi connectivity index (χ0n) is 28.6. The molecule has 0 unspecified atom stereocenters. The van der Waals surface area contributed by atoms with E-state index in [0.717, 1.165) is 24.9 Å². The van der Waals surface area contributed by atoms with Gasteiger partial charge in [-0.2, -0.15) is 0 Å². The topological polar surface area (TPSA) is 184 Å². The predicted octanol–water partition coefficient (Wildman–Crippen LogP) is -0.234. The highest BCUT2D eigenvalue weighted by Crippen LogP contribution is 2.05. The molecule has 270 valence electrons. The zero-order valence-corrected chi connectivity index (χ0v) is 28.6. The number of carboxylic acids is 2. The van der Waals surface area contributed by atoms with Crippen molar-refractivity contribution in [1.29, 1.82) is 0 Å². The maximum Gasteiger partial charge on any atom is 0.317 e. The van der Waals surface area contributed by atoms with E-state index in [1.165, 1.54) is 0 Å². The van der Waals surface area contributed by atoms with Gasteiger partial charge in [0.05, 0.1) is 32.8 Å². The number of hydrogen-bond acceptors (Lipinski definition) is 10. The van der Waals surface area contributed by atoms with Gasteiger partial charge in [-0.3, -0.25) is 38.7 Å². The van der Waals surface area contributed by atoms with Crippen LogP contribution in [0.15, 0.2) is 24.3 Å². The Labute approximate surface area is 283 Å². The van der Waals surface area contributed by atoms with E-state index in [-0.39, 0.29) is 43.8 Å². The van der Waals surface area contributed by atoms with Gasteiger partial charge in [-0.05, 0) is 30.7 Å². The number of rotatable bonds is 19. The number of amides is 3. The second-order valence-electron chi connectivity index (χ2n) is 11.8. The van der Waals surface area contributed by atoms with E-state index in [1.54, 1.807) is 29.2 Å². The normalized spacial score (nSPS) is 16.0. The van der Waals surface area contributed by atoms with Gasteiger partial charge in [0.1, 0.15) is 0 Å². The molecule has 3 amide bonds.